The SMILES string of the molecule is O=C1CN(CC(=O)Nc2ccc3c(c2)OC(F)(F)O3)CCN1. The third-order valence-corrected chi connectivity index (χ3v) is 3.17. The van der Waals surface area contributed by atoms with Gasteiger partial charge in [-0.1, -0.05) is 0 Å². The van der Waals surface area contributed by atoms with Gasteiger partial charge in [-0.3, -0.25) is 14.5 Å². The average molecular weight is 313 g/mol. The van der Waals surface area contributed by atoms with Crippen LogP contribution in [0.3, 0.4) is 0 Å². The molecule has 2 heterocycles. The maximum atomic E-state index is 12.9. The summed E-state index contributed by atoms with van der Waals surface area (Å²) in [7, 11) is 0. The van der Waals surface area contributed by atoms with Crippen LogP contribution in [0.2, 0.25) is 0 Å². The van der Waals surface area contributed by atoms with Crippen molar-refractivity contribution < 1.29 is 27.8 Å². The fourth-order valence-electron chi connectivity index (χ4n) is 2.26. The van der Waals surface area contributed by atoms with Crippen molar-refractivity contribution >= 4 is 17.5 Å². The van der Waals surface area contributed by atoms with Gasteiger partial charge in [-0.05, 0) is 12.1 Å². The molecule has 2 aliphatic rings. The van der Waals surface area contributed by atoms with Crippen molar-refractivity contribution in [3.63, 3.8) is 0 Å². The molecule has 9 heteroatoms. The zero-order valence-corrected chi connectivity index (χ0v) is 11.4. The Labute approximate surface area is 124 Å². The number of hydrogen-bond acceptors (Lipinski definition) is 5. The fraction of sp³-hybridized carbons (Fsp3) is 0.385. The summed E-state index contributed by atoms with van der Waals surface area (Å²) < 4.78 is 34.4. The van der Waals surface area contributed by atoms with E-state index in [1.165, 1.54) is 18.2 Å². The number of benzene rings is 1. The van der Waals surface area contributed by atoms with E-state index in [1.54, 1.807) is 4.90 Å². The Morgan fingerprint density at radius 3 is 2.91 bits per heavy atom. The first-order valence-corrected chi connectivity index (χ1v) is 6.60. The highest BCUT2D eigenvalue weighted by Crippen LogP contribution is 2.42. The van der Waals surface area contributed by atoms with Crippen LogP contribution >= 0.6 is 0 Å². The van der Waals surface area contributed by atoms with E-state index in [0.717, 1.165) is 0 Å². The number of nitrogens with zero attached hydrogens (tertiary/aromatic N) is 1. The molecule has 0 spiro atoms. The summed E-state index contributed by atoms with van der Waals surface area (Å²) in [5, 5.41) is 5.23. The van der Waals surface area contributed by atoms with Crippen molar-refractivity contribution in [1.29, 1.82) is 0 Å². The first kappa shape index (κ1) is 14.5. The summed E-state index contributed by atoms with van der Waals surface area (Å²) in [6.07, 6.45) is -3.69. The first-order chi connectivity index (χ1) is 10.4. The van der Waals surface area contributed by atoms with E-state index in [-0.39, 0.29) is 36.4 Å². The molecule has 0 aromatic heterocycles. The normalized spacial score (nSPS) is 19.6. The highest BCUT2D eigenvalue weighted by molar-refractivity contribution is 5.93. The molecule has 118 valence electrons. The van der Waals surface area contributed by atoms with E-state index in [1.807, 2.05) is 0 Å². The molecule has 0 bridgehead atoms. The second-order valence-corrected chi connectivity index (χ2v) is 4.94. The number of piperazine rings is 1. The van der Waals surface area contributed by atoms with E-state index in [2.05, 4.69) is 20.1 Å². The minimum Gasteiger partial charge on any atom is -0.395 e. The van der Waals surface area contributed by atoms with Gasteiger partial charge < -0.3 is 20.1 Å². The molecule has 22 heavy (non-hydrogen) atoms. The van der Waals surface area contributed by atoms with E-state index in [0.29, 0.717) is 18.8 Å². The Kier molecular flexibility index (Phi) is 3.57. The van der Waals surface area contributed by atoms with Crippen molar-refractivity contribution in [2.75, 3.05) is 31.5 Å². The third-order valence-electron chi connectivity index (χ3n) is 3.17. The van der Waals surface area contributed by atoms with Crippen LogP contribution in [-0.4, -0.2) is 49.2 Å². The van der Waals surface area contributed by atoms with Gasteiger partial charge in [-0.25, -0.2) is 0 Å². The molecular weight excluding hydrogens is 300 g/mol. The number of hydrogen-bond donors (Lipinski definition) is 2. The van der Waals surface area contributed by atoms with E-state index < -0.39 is 6.29 Å². The quantitative estimate of drug-likeness (QED) is 0.843. The van der Waals surface area contributed by atoms with Gasteiger partial charge in [-0.15, -0.1) is 8.78 Å². The average Bonchev–Trinajstić information content (AvgIpc) is 2.71. The summed E-state index contributed by atoms with van der Waals surface area (Å²) in [4.78, 5) is 24.8. The van der Waals surface area contributed by atoms with Crippen LogP contribution in [0.25, 0.3) is 0 Å². The van der Waals surface area contributed by atoms with Crippen molar-refractivity contribution in [3.05, 3.63) is 18.2 Å². The molecule has 0 saturated carbocycles. The highest BCUT2D eigenvalue weighted by atomic mass is 19.3. The summed E-state index contributed by atoms with van der Waals surface area (Å²) in [6, 6.07) is 3.99. The lowest BCUT2D eigenvalue weighted by molar-refractivity contribution is -0.286. The molecule has 7 nitrogen and oxygen atoms in total. The van der Waals surface area contributed by atoms with Gasteiger partial charge in [0.15, 0.2) is 11.5 Å². The van der Waals surface area contributed by atoms with Crippen molar-refractivity contribution in [1.82, 2.24) is 10.2 Å². The zero-order chi connectivity index (χ0) is 15.7. The third kappa shape index (κ3) is 3.25. The van der Waals surface area contributed by atoms with E-state index >= 15 is 0 Å². The number of alkyl halides is 2. The van der Waals surface area contributed by atoms with Gasteiger partial charge in [0, 0.05) is 24.8 Å². The maximum absolute atomic E-state index is 12.9. The number of anilines is 1. The number of ether oxygens (including phenoxy) is 2. The zero-order valence-electron chi connectivity index (χ0n) is 11.4. The van der Waals surface area contributed by atoms with Crippen molar-refractivity contribution in [3.8, 4) is 11.5 Å². The number of amides is 2. The smallest absolute Gasteiger partial charge is 0.395 e. The van der Waals surface area contributed by atoms with Crippen molar-refractivity contribution in [2.24, 2.45) is 0 Å². The summed E-state index contributed by atoms with van der Waals surface area (Å²) in [5.41, 5.74) is 0.312. The van der Waals surface area contributed by atoms with Gasteiger partial charge in [0.25, 0.3) is 0 Å². The van der Waals surface area contributed by atoms with Crippen molar-refractivity contribution in [2.45, 2.75) is 6.29 Å². The van der Waals surface area contributed by atoms with Crippen LogP contribution in [0.1, 0.15) is 0 Å². The fourth-order valence-corrected chi connectivity index (χ4v) is 2.26. The Balaban J connectivity index is 1.59. The van der Waals surface area contributed by atoms with E-state index in [9.17, 15) is 18.4 Å². The molecule has 2 aliphatic heterocycles. The number of carbonyl (C=O) groups is 2. The molecular formula is C13H13F2N3O4. The molecule has 2 N–H and O–H groups in total. The molecule has 2 amide bonds. The van der Waals surface area contributed by atoms with Crippen LogP contribution in [-0.2, 0) is 9.59 Å². The largest absolute Gasteiger partial charge is 0.586 e. The van der Waals surface area contributed by atoms with Crippen LogP contribution in [0.5, 0.6) is 11.5 Å². The van der Waals surface area contributed by atoms with Gasteiger partial charge >= 0.3 is 6.29 Å². The summed E-state index contributed by atoms with van der Waals surface area (Å²) in [6.45, 7) is 1.26. The van der Waals surface area contributed by atoms with Gasteiger partial charge in [-0.2, -0.15) is 0 Å². The molecule has 0 atom stereocenters. The topological polar surface area (TPSA) is 79.9 Å². The van der Waals surface area contributed by atoms with Crippen LogP contribution in [0.4, 0.5) is 14.5 Å². The lowest BCUT2D eigenvalue weighted by Crippen LogP contribution is -2.49. The molecule has 0 unspecified atom stereocenters. The Morgan fingerprint density at radius 1 is 1.36 bits per heavy atom. The number of halogens is 2. The molecule has 3 rings (SSSR count). The maximum Gasteiger partial charge on any atom is 0.586 e. The standard InChI is InChI=1S/C13H13F2N3O4/c14-13(15)21-9-2-1-8(5-10(9)22-13)17-12(20)7-18-4-3-16-11(19)6-18/h1-2,5H,3-4,6-7H2,(H,16,19)(H,17,20). The van der Waals surface area contributed by atoms with Crippen LogP contribution in [0.15, 0.2) is 18.2 Å². The predicted molar refractivity (Wildman–Crippen MR) is 70.7 cm³/mol. The second-order valence-electron chi connectivity index (χ2n) is 4.94. The number of nitrogens with one attached hydrogen (secondary N) is 2. The lowest BCUT2D eigenvalue weighted by atomic mass is 10.2. The second kappa shape index (κ2) is 5.41. The molecule has 1 fully saturated rings. The van der Waals surface area contributed by atoms with Crippen LogP contribution < -0.4 is 20.1 Å². The first-order valence-electron chi connectivity index (χ1n) is 6.60. The molecule has 1 saturated heterocycles. The predicted octanol–water partition coefficient (Wildman–Crippen LogP) is 0.378. The van der Waals surface area contributed by atoms with Gasteiger partial charge in [0.2, 0.25) is 11.8 Å². The van der Waals surface area contributed by atoms with E-state index in [4.69, 9.17) is 0 Å². The monoisotopic (exact) mass is 313 g/mol. The molecule has 0 aliphatic carbocycles. The van der Waals surface area contributed by atoms with Crippen LogP contribution in [0, 0.1) is 0 Å². The molecule has 1 aromatic carbocycles. The number of carbonyl (C=O) groups excluding carboxylic acids is 2. The molecule has 0 radical (unpaired) electrons. The Morgan fingerprint density at radius 2 is 2.14 bits per heavy atom. The Bertz CT molecular complexity index is 623. The lowest BCUT2D eigenvalue weighted by Gasteiger charge is -2.25. The van der Waals surface area contributed by atoms with Gasteiger partial charge in [0.1, 0.15) is 0 Å². The highest BCUT2D eigenvalue weighted by Gasteiger charge is 2.43. The summed E-state index contributed by atoms with van der Waals surface area (Å²) >= 11 is 0. The summed E-state index contributed by atoms with van der Waals surface area (Å²) in [5.74, 6) is -0.708. The minimum atomic E-state index is -3.69. The molecule has 1 aromatic rings. The number of fused-ring (bicyclic) bond motifs is 1. The minimum absolute atomic E-state index is 0.0397. The van der Waals surface area contributed by atoms with Gasteiger partial charge in [0.05, 0.1) is 13.1 Å². The number of rotatable bonds is 3. The Hall–Kier alpha value is -2.42.